The van der Waals surface area contributed by atoms with E-state index in [1.807, 2.05) is 98.4 Å². The first-order chi connectivity index (χ1) is 40.2. The number of rotatable bonds is 30. The summed E-state index contributed by atoms with van der Waals surface area (Å²) < 4.78 is 38.6. The number of carbonyl (C=O) groups excluding carboxylic acids is 4. The first-order valence-electron chi connectivity index (χ1n) is 29.3. The fraction of sp³-hybridized carbons (Fsp3) is 0.524. The Kier molecular flexibility index (Phi) is 21.7. The summed E-state index contributed by atoms with van der Waals surface area (Å²) in [7, 11) is 0. The number of aliphatic hydroxyl groups is 1. The number of aliphatic hydroxyl groups excluding tert-OH is 1. The van der Waals surface area contributed by atoms with Crippen molar-refractivity contribution >= 4 is 51.9 Å². The summed E-state index contributed by atoms with van der Waals surface area (Å²) in [5.74, 6) is 0.520. The SMILES string of the molecule is Cc1ncsc1-c1ccc(CCC(=O)[C@@H]2C[C@@H](O)CN2C(=O)[C@@H](CC(=O)CCOCCOCCOCCOCCCC(=O)CN2CCN(c3cccc(-c4cnc5ccc(N6CCC[C@@H]6c6cccc(F)c6)nn45)n3)CC2)C(C)(C)C)cc1. The maximum Gasteiger partial charge on any atom is 0.227 e. The van der Waals surface area contributed by atoms with Gasteiger partial charge in [0.1, 0.15) is 34.7 Å². The fourth-order valence-corrected chi connectivity index (χ4v) is 12.1. The molecule has 0 unspecified atom stereocenters. The van der Waals surface area contributed by atoms with Gasteiger partial charge in [-0.2, -0.15) is 0 Å². The number of benzene rings is 2. The first kappa shape index (κ1) is 61.2. The monoisotopic (exact) mass is 1160 g/mol. The molecule has 4 atom stereocenters. The average molecular weight is 1160 g/mol. The minimum absolute atomic E-state index is 0.0209. The largest absolute Gasteiger partial charge is 0.391 e. The molecule has 1 amide bonds. The van der Waals surface area contributed by atoms with Crippen LogP contribution in [0.2, 0.25) is 0 Å². The number of amides is 1. The number of Topliss-reactive ketones (excluding diaryl/α,β-unsaturated/α-hetero) is 3. The second-order valence-corrected chi connectivity index (χ2v) is 23.8. The minimum Gasteiger partial charge on any atom is -0.391 e. The van der Waals surface area contributed by atoms with Gasteiger partial charge in [0, 0.05) is 83.9 Å². The van der Waals surface area contributed by atoms with E-state index in [1.54, 1.807) is 29.7 Å². The van der Waals surface area contributed by atoms with E-state index < -0.39 is 23.5 Å². The van der Waals surface area contributed by atoms with Crippen LogP contribution in [0.1, 0.15) is 95.0 Å². The Morgan fingerprint density at radius 3 is 2.22 bits per heavy atom. The van der Waals surface area contributed by atoms with Crippen molar-refractivity contribution in [3.63, 3.8) is 0 Å². The average Bonchev–Trinajstić information content (AvgIpc) is 4.38. The number of nitrogens with zero attached hydrogens (tertiary/aromatic N) is 9. The summed E-state index contributed by atoms with van der Waals surface area (Å²) in [5, 5.41) is 15.6. The Morgan fingerprint density at radius 1 is 0.783 bits per heavy atom. The summed E-state index contributed by atoms with van der Waals surface area (Å²) in [6.07, 6.45) is 5.15. The van der Waals surface area contributed by atoms with Crippen molar-refractivity contribution in [3.8, 4) is 21.8 Å². The van der Waals surface area contributed by atoms with Gasteiger partial charge in [0.25, 0.3) is 0 Å². The van der Waals surface area contributed by atoms with E-state index in [2.05, 4.69) is 24.7 Å². The number of piperazine rings is 1. The lowest BCUT2D eigenvalue weighted by Gasteiger charge is -2.35. The molecule has 2 aromatic carbocycles. The van der Waals surface area contributed by atoms with E-state index in [4.69, 9.17) is 29.0 Å². The van der Waals surface area contributed by atoms with Crippen LogP contribution >= 0.6 is 11.3 Å². The number of ether oxygens (including phenoxy) is 4. The van der Waals surface area contributed by atoms with Crippen molar-refractivity contribution in [2.45, 2.75) is 104 Å². The molecule has 0 saturated carbocycles. The molecule has 0 bridgehead atoms. The van der Waals surface area contributed by atoms with Gasteiger partial charge >= 0.3 is 0 Å². The number of carbonyl (C=O) groups is 4. The lowest BCUT2D eigenvalue weighted by molar-refractivity contribution is -0.146. The number of pyridine rings is 1. The molecule has 18 nitrogen and oxygen atoms in total. The molecule has 3 saturated heterocycles. The molecule has 444 valence electrons. The molecule has 83 heavy (non-hydrogen) atoms. The van der Waals surface area contributed by atoms with Crippen LogP contribution in [0.15, 0.2) is 90.6 Å². The summed E-state index contributed by atoms with van der Waals surface area (Å²) in [6.45, 7) is 15.0. The number of anilines is 2. The Bertz CT molecular complexity index is 3110. The predicted octanol–water partition coefficient (Wildman–Crippen LogP) is 8.42. The van der Waals surface area contributed by atoms with Gasteiger partial charge in [0.2, 0.25) is 5.91 Å². The third-order valence-electron chi connectivity index (χ3n) is 15.9. The number of β-amino-alcohol motifs (C(OH)–C–C–N with tert-alkyl or cyclic N) is 1. The van der Waals surface area contributed by atoms with Crippen LogP contribution in [0.4, 0.5) is 16.0 Å². The number of aromatic nitrogens is 5. The zero-order valence-corrected chi connectivity index (χ0v) is 49.3. The number of fused-ring (bicyclic) bond motifs is 1. The van der Waals surface area contributed by atoms with Crippen molar-refractivity contribution in [2.75, 3.05) is 108 Å². The molecule has 3 aliphatic rings. The zero-order valence-electron chi connectivity index (χ0n) is 48.5. The maximum absolute atomic E-state index is 14.1. The molecule has 7 heterocycles. The van der Waals surface area contributed by atoms with Gasteiger partial charge in [-0.15, -0.1) is 16.4 Å². The molecule has 3 aliphatic heterocycles. The second kappa shape index (κ2) is 29.4. The van der Waals surface area contributed by atoms with Crippen molar-refractivity contribution in [3.05, 3.63) is 113 Å². The Morgan fingerprint density at radius 2 is 1.51 bits per heavy atom. The number of likely N-dealkylation sites (tertiary alicyclic amines) is 1. The fourth-order valence-electron chi connectivity index (χ4n) is 11.3. The molecule has 0 aliphatic carbocycles. The van der Waals surface area contributed by atoms with Crippen molar-refractivity contribution in [1.29, 1.82) is 0 Å². The Balaban J connectivity index is 0.588. The van der Waals surface area contributed by atoms with Crippen LogP contribution in [0.5, 0.6) is 0 Å². The van der Waals surface area contributed by atoms with Gasteiger partial charge in [-0.1, -0.05) is 63.2 Å². The topological polar surface area (TPSA) is 194 Å². The third kappa shape index (κ3) is 16.7. The lowest BCUT2D eigenvalue weighted by atomic mass is 9.76. The van der Waals surface area contributed by atoms with Crippen molar-refractivity contribution < 1.29 is 47.6 Å². The van der Waals surface area contributed by atoms with E-state index in [9.17, 15) is 28.7 Å². The standard InChI is InChI=1S/C63H80FN9O9S/c1-44-61(83-43-66-44)46-18-15-45(16-19-46)17-20-57(77)55-39-51(76)42-72(55)62(78)52(63(2,3)4)38-49(74)23-30-80-32-34-82-36-35-81-33-31-79-29-8-11-50(75)41-69-25-27-70(28-26-69)59-14-6-12-53(67-59)56-40-65-58-21-22-60(68-73(56)58)71-24-7-13-54(71)47-9-5-10-48(64)37-47/h5-6,9-10,12,14-16,18-19,21-22,37,40,43,51-52,54-55,76H,7-8,11,13,17,20,23-36,38-39,41-42H2,1-4H3/t51-,52-,54-,55+/m1/s1. The van der Waals surface area contributed by atoms with Crippen LogP contribution in [0.25, 0.3) is 27.5 Å². The number of aryl methyl sites for hydroxylation is 2. The van der Waals surface area contributed by atoms with Crippen LogP contribution in [-0.4, -0.2) is 174 Å². The molecular formula is C63H80FN9O9S. The van der Waals surface area contributed by atoms with E-state index in [0.717, 1.165) is 101 Å². The predicted molar refractivity (Wildman–Crippen MR) is 317 cm³/mol. The number of halogens is 1. The Hall–Kier alpha value is -6.39. The molecule has 1 N–H and O–H groups in total. The van der Waals surface area contributed by atoms with E-state index in [1.165, 1.54) is 11.0 Å². The van der Waals surface area contributed by atoms with E-state index >= 15 is 0 Å². The van der Waals surface area contributed by atoms with E-state index in [-0.39, 0.29) is 74.0 Å². The molecule has 0 spiro atoms. The van der Waals surface area contributed by atoms with Gasteiger partial charge in [-0.05, 0) is 91.1 Å². The molecule has 3 fully saturated rings. The molecule has 6 aromatic rings. The Labute approximate surface area is 490 Å². The second-order valence-electron chi connectivity index (χ2n) is 23.0. The normalized spacial score (nSPS) is 18.1. The summed E-state index contributed by atoms with van der Waals surface area (Å²) in [4.78, 5) is 77.1. The van der Waals surface area contributed by atoms with Crippen LogP contribution in [0, 0.1) is 24.1 Å². The van der Waals surface area contributed by atoms with Crippen LogP contribution < -0.4 is 9.80 Å². The number of thiazole rings is 1. The molecular weight excluding hydrogens is 1080 g/mol. The quantitative estimate of drug-likeness (QED) is 0.0422. The van der Waals surface area contributed by atoms with Gasteiger partial charge in [-0.25, -0.2) is 23.9 Å². The van der Waals surface area contributed by atoms with Gasteiger partial charge in [0.15, 0.2) is 11.4 Å². The van der Waals surface area contributed by atoms with Crippen LogP contribution in [0.3, 0.4) is 0 Å². The van der Waals surface area contributed by atoms with Crippen molar-refractivity contribution in [1.82, 2.24) is 34.4 Å². The first-order valence-corrected chi connectivity index (χ1v) is 30.2. The van der Waals surface area contributed by atoms with Crippen LogP contribution in [-0.2, 0) is 44.5 Å². The highest BCUT2D eigenvalue weighted by atomic mass is 32.1. The van der Waals surface area contributed by atoms with Crippen molar-refractivity contribution in [2.24, 2.45) is 11.3 Å². The number of hydrogen-bond donors (Lipinski definition) is 1. The highest BCUT2D eigenvalue weighted by molar-refractivity contribution is 7.13. The highest BCUT2D eigenvalue weighted by Crippen LogP contribution is 2.37. The van der Waals surface area contributed by atoms with Gasteiger partial charge < -0.3 is 38.8 Å². The highest BCUT2D eigenvalue weighted by Gasteiger charge is 2.44. The lowest BCUT2D eigenvalue weighted by Crippen LogP contribution is -2.48. The van der Waals surface area contributed by atoms with E-state index in [0.29, 0.717) is 72.1 Å². The maximum atomic E-state index is 14.1. The molecule has 9 rings (SSSR count). The summed E-state index contributed by atoms with van der Waals surface area (Å²) in [6, 6.07) is 24.2. The number of ketones is 3. The smallest absolute Gasteiger partial charge is 0.227 e. The summed E-state index contributed by atoms with van der Waals surface area (Å²) >= 11 is 1.59. The third-order valence-corrected chi connectivity index (χ3v) is 16.9. The molecule has 0 radical (unpaired) electrons. The van der Waals surface area contributed by atoms with Gasteiger partial charge in [-0.3, -0.25) is 24.1 Å². The number of hydrogen-bond acceptors (Lipinski definition) is 17. The number of imidazole rings is 1. The summed E-state index contributed by atoms with van der Waals surface area (Å²) in [5.41, 5.74) is 7.60. The minimum atomic E-state index is -0.801. The van der Waals surface area contributed by atoms with Gasteiger partial charge in [0.05, 0.1) is 99.0 Å². The molecule has 4 aromatic heterocycles. The zero-order chi connectivity index (χ0) is 58.3. The molecule has 20 heteroatoms.